The molecule has 0 bridgehead atoms. The largest absolute Gasteiger partial charge is 0.355 e. The van der Waals surface area contributed by atoms with E-state index < -0.39 is 18.1 Å². The van der Waals surface area contributed by atoms with Gasteiger partial charge in [0.2, 0.25) is 11.8 Å². The normalized spacial score (nSPS) is 21.1. The molecule has 2 amide bonds. The van der Waals surface area contributed by atoms with Crippen LogP contribution in [0.5, 0.6) is 0 Å². The Hall–Kier alpha value is -3.63. The molecule has 0 aliphatic carbocycles. The van der Waals surface area contributed by atoms with Crippen molar-refractivity contribution in [2.45, 2.75) is 51.2 Å². The Kier molecular flexibility index (Phi) is 6.08. The van der Waals surface area contributed by atoms with Crippen LogP contribution in [-0.2, 0) is 16.1 Å². The standard InChI is InChI=1S/C24H26BFN6O3/c1-13(33)23-19-5-15(16-8-27-14(2)28-9-16)3-4-20(19)32(30-23)12-22(34)31-11-18(26)6-21(31)24(35)29-10-17-7-25-17/h3-5,8-9,17-18,21,25H,6-7,10-12H2,1-2H3,(H,29,35)/t17?,18-,21+/m1/s1. The highest BCUT2D eigenvalue weighted by molar-refractivity contribution is 6.51. The minimum Gasteiger partial charge on any atom is -0.355 e. The summed E-state index contributed by atoms with van der Waals surface area (Å²) < 4.78 is 15.7. The number of Topliss-reactive ketones (excluding diaryl/α,β-unsaturated/α-hetero) is 1. The van der Waals surface area contributed by atoms with Gasteiger partial charge in [-0.2, -0.15) is 5.10 Å². The van der Waals surface area contributed by atoms with Gasteiger partial charge < -0.3 is 10.2 Å². The van der Waals surface area contributed by atoms with Crippen LogP contribution in [0.2, 0.25) is 12.1 Å². The molecule has 2 fully saturated rings. The van der Waals surface area contributed by atoms with E-state index in [0.717, 1.165) is 24.7 Å². The molecular weight excluding hydrogens is 450 g/mol. The highest BCUT2D eigenvalue weighted by atomic mass is 19.1. The number of hydrogen-bond donors (Lipinski definition) is 1. The summed E-state index contributed by atoms with van der Waals surface area (Å²) in [5, 5.41) is 7.86. The van der Waals surface area contributed by atoms with Crippen molar-refractivity contribution in [3.8, 4) is 11.1 Å². The Balaban J connectivity index is 1.40. The van der Waals surface area contributed by atoms with Gasteiger partial charge in [0.05, 0.1) is 12.1 Å². The van der Waals surface area contributed by atoms with Crippen LogP contribution in [0.25, 0.3) is 22.0 Å². The summed E-state index contributed by atoms with van der Waals surface area (Å²) >= 11 is 0. The predicted molar refractivity (Wildman–Crippen MR) is 129 cm³/mol. The number of nitrogens with one attached hydrogen (secondary N) is 1. The topological polar surface area (TPSA) is 110 Å². The van der Waals surface area contributed by atoms with Gasteiger partial charge in [-0.15, -0.1) is 0 Å². The van der Waals surface area contributed by atoms with Gasteiger partial charge in [0, 0.05) is 43.2 Å². The van der Waals surface area contributed by atoms with Gasteiger partial charge >= 0.3 is 0 Å². The number of likely N-dealkylation sites (tertiary alicyclic amines) is 1. The van der Waals surface area contributed by atoms with Crippen LogP contribution in [0.3, 0.4) is 0 Å². The summed E-state index contributed by atoms with van der Waals surface area (Å²) in [5.41, 5.74) is 2.46. The van der Waals surface area contributed by atoms with Crippen molar-refractivity contribution in [3.63, 3.8) is 0 Å². The maximum absolute atomic E-state index is 14.2. The molecule has 1 unspecified atom stereocenters. The van der Waals surface area contributed by atoms with Crippen molar-refractivity contribution in [2.24, 2.45) is 0 Å². The second-order valence-corrected chi connectivity index (χ2v) is 9.40. The number of hydrogen-bond acceptors (Lipinski definition) is 6. The molecule has 3 atom stereocenters. The van der Waals surface area contributed by atoms with Crippen LogP contribution in [-0.4, -0.2) is 74.8 Å². The number of carbonyl (C=O) groups excluding carboxylic acids is 3. The van der Waals surface area contributed by atoms with Gasteiger partial charge in [-0.25, -0.2) is 14.4 Å². The summed E-state index contributed by atoms with van der Waals surface area (Å²) in [5.74, 6) is 0.184. The molecule has 1 aromatic carbocycles. The second-order valence-electron chi connectivity index (χ2n) is 9.40. The van der Waals surface area contributed by atoms with E-state index >= 15 is 0 Å². The molecule has 0 spiro atoms. The fraction of sp³-hybridized carbons (Fsp3) is 0.417. The summed E-state index contributed by atoms with van der Waals surface area (Å²) in [7, 11) is 1.09. The van der Waals surface area contributed by atoms with Crippen molar-refractivity contribution in [1.82, 2.24) is 30.0 Å². The molecule has 1 N–H and O–H groups in total. The summed E-state index contributed by atoms with van der Waals surface area (Å²) in [4.78, 5) is 47.9. The number of rotatable bonds is 7. The first kappa shape index (κ1) is 23.1. The zero-order valence-corrected chi connectivity index (χ0v) is 19.7. The SMILES string of the molecule is CC(=O)c1nn(CC(=O)N2C[C@H](F)C[C@H]2C(=O)NCC2BC2)c2ccc(-c3cnc(C)nc3)cc12. The number of aromatic nitrogens is 4. The lowest BCUT2D eigenvalue weighted by molar-refractivity contribution is -0.139. The van der Waals surface area contributed by atoms with E-state index in [-0.39, 0.29) is 36.9 Å². The molecule has 0 radical (unpaired) electrons. The number of carbonyl (C=O) groups is 3. The predicted octanol–water partition coefficient (Wildman–Crippen LogP) is 1.72. The third-order valence-electron chi connectivity index (χ3n) is 6.62. The van der Waals surface area contributed by atoms with E-state index in [1.54, 1.807) is 25.4 Å². The minimum atomic E-state index is -1.25. The van der Waals surface area contributed by atoms with Crippen LogP contribution < -0.4 is 5.32 Å². The van der Waals surface area contributed by atoms with Crippen molar-refractivity contribution >= 4 is 35.8 Å². The van der Waals surface area contributed by atoms with Crippen LogP contribution in [0.1, 0.15) is 29.7 Å². The van der Waals surface area contributed by atoms with Crippen molar-refractivity contribution < 1.29 is 18.8 Å². The molecule has 11 heteroatoms. The highest BCUT2D eigenvalue weighted by Gasteiger charge is 2.40. The van der Waals surface area contributed by atoms with Crippen molar-refractivity contribution in [1.29, 1.82) is 0 Å². The molecular formula is C24H26BFN6O3. The van der Waals surface area contributed by atoms with Gasteiger partial charge in [0.1, 0.15) is 37.6 Å². The molecule has 180 valence electrons. The number of ketones is 1. The van der Waals surface area contributed by atoms with E-state index in [1.165, 1.54) is 16.5 Å². The fourth-order valence-electron chi connectivity index (χ4n) is 4.49. The molecule has 5 rings (SSSR count). The number of amides is 2. The monoisotopic (exact) mass is 476 g/mol. The molecule has 3 aromatic rings. The number of halogens is 1. The zero-order chi connectivity index (χ0) is 24.7. The van der Waals surface area contributed by atoms with Gasteiger partial charge in [-0.3, -0.25) is 19.1 Å². The van der Waals surface area contributed by atoms with Crippen LogP contribution in [0, 0.1) is 6.92 Å². The average molecular weight is 476 g/mol. The van der Waals surface area contributed by atoms with Crippen LogP contribution >= 0.6 is 0 Å². The van der Waals surface area contributed by atoms with Crippen LogP contribution in [0.4, 0.5) is 4.39 Å². The lowest BCUT2D eigenvalue weighted by Gasteiger charge is -2.23. The quantitative estimate of drug-likeness (QED) is 0.411. The van der Waals surface area contributed by atoms with E-state index in [0.29, 0.717) is 29.1 Å². The van der Waals surface area contributed by atoms with E-state index in [9.17, 15) is 18.8 Å². The molecule has 0 saturated carbocycles. The number of alkyl halides is 1. The first-order chi connectivity index (χ1) is 16.8. The maximum Gasteiger partial charge on any atom is 0.245 e. The van der Waals surface area contributed by atoms with Gasteiger partial charge in [-0.05, 0) is 24.6 Å². The third-order valence-corrected chi connectivity index (χ3v) is 6.62. The molecule has 35 heavy (non-hydrogen) atoms. The summed E-state index contributed by atoms with van der Waals surface area (Å²) in [6.45, 7) is 3.46. The van der Waals surface area contributed by atoms with Gasteiger partial charge in [-0.1, -0.05) is 18.2 Å². The van der Waals surface area contributed by atoms with E-state index in [4.69, 9.17) is 0 Å². The Morgan fingerprint density at radius 1 is 1.20 bits per heavy atom. The number of benzene rings is 1. The zero-order valence-electron chi connectivity index (χ0n) is 19.7. The molecule has 4 heterocycles. The summed E-state index contributed by atoms with van der Waals surface area (Å²) in [6, 6.07) is 4.64. The number of aryl methyl sites for hydroxylation is 1. The Bertz CT molecular complexity index is 1310. The fourth-order valence-corrected chi connectivity index (χ4v) is 4.49. The molecule has 9 nitrogen and oxygen atoms in total. The lowest BCUT2D eigenvalue weighted by Crippen LogP contribution is -2.47. The second kappa shape index (κ2) is 9.20. The smallest absolute Gasteiger partial charge is 0.245 e. The molecule has 2 saturated heterocycles. The minimum absolute atomic E-state index is 0.0111. The van der Waals surface area contributed by atoms with E-state index in [1.807, 2.05) is 12.1 Å². The number of nitrogens with zero attached hydrogens (tertiary/aromatic N) is 5. The van der Waals surface area contributed by atoms with Crippen molar-refractivity contribution in [3.05, 3.63) is 42.1 Å². The molecule has 2 aromatic heterocycles. The Morgan fingerprint density at radius 2 is 1.94 bits per heavy atom. The van der Waals surface area contributed by atoms with E-state index in [2.05, 4.69) is 20.4 Å². The Morgan fingerprint density at radius 3 is 2.63 bits per heavy atom. The Labute approximate surface area is 202 Å². The first-order valence-corrected chi connectivity index (χ1v) is 11.8. The number of fused-ring (bicyclic) bond motifs is 1. The van der Waals surface area contributed by atoms with Gasteiger partial charge in [0.15, 0.2) is 5.78 Å². The first-order valence-electron chi connectivity index (χ1n) is 11.8. The summed E-state index contributed by atoms with van der Waals surface area (Å²) in [6.07, 6.45) is 3.24. The third kappa shape index (κ3) is 4.80. The molecule has 2 aliphatic heterocycles. The van der Waals surface area contributed by atoms with Crippen molar-refractivity contribution in [2.75, 3.05) is 13.1 Å². The highest BCUT2D eigenvalue weighted by Crippen LogP contribution is 2.28. The van der Waals surface area contributed by atoms with Gasteiger partial charge in [0.25, 0.3) is 0 Å². The maximum atomic E-state index is 14.2. The lowest BCUT2D eigenvalue weighted by atomic mass is 10.0. The molecule has 2 aliphatic rings. The van der Waals surface area contributed by atoms with Crippen LogP contribution in [0.15, 0.2) is 30.6 Å². The average Bonchev–Trinajstić information content (AvgIpc) is 3.48.